The van der Waals surface area contributed by atoms with Crippen molar-refractivity contribution >= 4 is 28.1 Å². The van der Waals surface area contributed by atoms with Crippen molar-refractivity contribution in [3.63, 3.8) is 0 Å². The summed E-state index contributed by atoms with van der Waals surface area (Å²) >= 11 is 0. The van der Waals surface area contributed by atoms with Gasteiger partial charge in [-0.2, -0.15) is 0 Å². The van der Waals surface area contributed by atoms with Crippen molar-refractivity contribution in [2.24, 2.45) is 0 Å². The second kappa shape index (κ2) is 8.42. The lowest BCUT2D eigenvalue weighted by atomic mass is 10.1. The van der Waals surface area contributed by atoms with Gasteiger partial charge < -0.3 is 5.32 Å². The van der Waals surface area contributed by atoms with Crippen LogP contribution in [-0.4, -0.2) is 32.5 Å². The van der Waals surface area contributed by atoms with E-state index in [-0.39, 0.29) is 35.6 Å². The molecule has 1 rings (SSSR count). The Morgan fingerprint density at radius 2 is 1.86 bits per heavy atom. The van der Waals surface area contributed by atoms with Crippen LogP contribution in [0.2, 0.25) is 0 Å². The highest BCUT2D eigenvalue weighted by molar-refractivity contribution is 7.89. The first-order valence-corrected chi connectivity index (χ1v) is 8.16. The number of nitro benzene ring substituents is 1. The number of halogens is 1. The Morgan fingerprint density at radius 3 is 2.36 bits per heavy atom. The standard InChI is InChI=1S/C13H21N3O4S.ClH/c1-5-14-11(4)8-15-21(19,20)13-7-12(16(17)18)9(2)6-10(13)3;/h6-7,11,14-15H,5,8H2,1-4H3;1H/t11-;/m1./s1. The Balaban J connectivity index is 0.00000441. The molecule has 7 nitrogen and oxygen atoms in total. The summed E-state index contributed by atoms with van der Waals surface area (Å²) in [5.41, 5.74) is 0.736. The van der Waals surface area contributed by atoms with Gasteiger partial charge in [0.2, 0.25) is 10.0 Å². The van der Waals surface area contributed by atoms with E-state index in [0.717, 1.165) is 12.6 Å². The second-order valence-corrected chi connectivity index (χ2v) is 6.71. The van der Waals surface area contributed by atoms with E-state index < -0.39 is 14.9 Å². The van der Waals surface area contributed by atoms with E-state index in [1.807, 2.05) is 13.8 Å². The van der Waals surface area contributed by atoms with Crippen molar-refractivity contribution in [1.82, 2.24) is 10.0 Å². The summed E-state index contributed by atoms with van der Waals surface area (Å²) in [7, 11) is -3.77. The van der Waals surface area contributed by atoms with Crippen molar-refractivity contribution in [3.8, 4) is 0 Å². The van der Waals surface area contributed by atoms with E-state index in [2.05, 4.69) is 10.0 Å². The van der Waals surface area contributed by atoms with E-state index in [9.17, 15) is 18.5 Å². The molecule has 0 saturated carbocycles. The van der Waals surface area contributed by atoms with Crippen molar-refractivity contribution < 1.29 is 13.3 Å². The maximum absolute atomic E-state index is 12.3. The minimum Gasteiger partial charge on any atom is -0.313 e. The van der Waals surface area contributed by atoms with Gasteiger partial charge in [-0.15, -0.1) is 12.4 Å². The quantitative estimate of drug-likeness (QED) is 0.577. The van der Waals surface area contributed by atoms with Crippen LogP contribution >= 0.6 is 12.4 Å². The zero-order chi connectivity index (χ0) is 16.2. The highest BCUT2D eigenvalue weighted by Gasteiger charge is 2.22. The third-order valence-corrected chi connectivity index (χ3v) is 4.68. The van der Waals surface area contributed by atoms with Crippen LogP contribution in [0.25, 0.3) is 0 Å². The molecule has 0 saturated heterocycles. The van der Waals surface area contributed by atoms with Crippen LogP contribution in [-0.2, 0) is 10.0 Å². The minimum absolute atomic E-state index is 0. The summed E-state index contributed by atoms with van der Waals surface area (Å²) in [4.78, 5) is 10.3. The van der Waals surface area contributed by atoms with Crippen molar-refractivity contribution in [2.75, 3.05) is 13.1 Å². The van der Waals surface area contributed by atoms with Crippen LogP contribution < -0.4 is 10.0 Å². The lowest BCUT2D eigenvalue weighted by Crippen LogP contribution is -2.38. The highest BCUT2D eigenvalue weighted by atomic mass is 35.5. The largest absolute Gasteiger partial charge is 0.313 e. The SMILES string of the molecule is CCN[C@H](C)CNS(=O)(=O)c1cc([N+](=O)[O-])c(C)cc1C.Cl. The van der Waals surface area contributed by atoms with Crippen LogP contribution in [0, 0.1) is 24.0 Å². The number of nitrogens with zero attached hydrogens (tertiary/aromatic N) is 1. The summed E-state index contributed by atoms with van der Waals surface area (Å²) < 4.78 is 27.0. The summed E-state index contributed by atoms with van der Waals surface area (Å²) in [5.74, 6) is 0. The first kappa shape index (κ1) is 20.8. The Kier molecular flexibility index (Phi) is 7.96. The molecule has 1 aromatic carbocycles. The molecule has 2 N–H and O–H groups in total. The third kappa shape index (κ3) is 5.20. The molecule has 0 heterocycles. The molecule has 22 heavy (non-hydrogen) atoms. The fraction of sp³-hybridized carbons (Fsp3) is 0.538. The van der Waals surface area contributed by atoms with Gasteiger partial charge in [0, 0.05) is 24.2 Å². The van der Waals surface area contributed by atoms with E-state index in [1.54, 1.807) is 13.8 Å². The first-order chi connectivity index (χ1) is 9.69. The molecule has 0 aliphatic heterocycles. The van der Waals surface area contributed by atoms with Crippen LogP contribution in [0.5, 0.6) is 0 Å². The predicted octanol–water partition coefficient (Wildman–Crippen LogP) is 1.91. The first-order valence-electron chi connectivity index (χ1n) is 6.67. The van der Waals surface area contributed by atoms with Gasteiger partial charge in [0.1, 0.15) is 0 Å². The Hall–Kier alpha value is -1.22. The number of rotatable bonds is 7. The average Bonchev–Trinajstić information content (AvgIpc) is 2.36. The number of hydrogen-bond donors (Lipinski definition) is 2. The molecular formula is C13H22ClN3O4S. The minimum atomic E-state index is -3.77. The molecule has 0 fully saturated rings. The fourth-order valence-electron chi connectivity index (χ4n) is 2.04. The smallest absolute Gasteiger partial charge is 0.273 e. The third-order valence-electron chi connectivity index (χ3n) is 3.11. The van der Waals surface area contributed by atoms with E-state index in [1.165, 1.54) is 6.07 Å². The summed E-state index contributed by atoms with van der Waals surface area (Å²) in [6.07, 6.45) is 0. The van der Waals surface area contributed by atoms with Crippen molar-refractivity contribution in [1.29, 1.82) is 0 Å². The number of sulfonamides is 1. The maximum Gasteiger partial charge on any atom is 0.273 e. The average molecular weight is 352 g/mol. The highest BCUT2D eigenvalue weighted by Crippen LogP contribution is 2.25. The molecule has 0 amide bonds. The number of likely N-dealkylation sites (N-methyl/N-ethyl adjacent to an activating group) is 1. The molecule has 0 radical (unpaired) electrons. The summed E-state index contributed by atoms with van der Waals surface area (Å²) in [6.45, 7) is 7.95. The topological polar surface area (TPSA) is 101 Å². The van der Waals surface area contributed by atoms with Gasteiger partial charge in [0.05, 0.1) is 9.82 Å². The van der Waals surface area contributed by atoms with E-state index in [4.69, 9.17) is 0 Å². The van der Waals surface area contributed by atoms with Gasteiger partial charge in [-0.25, -0.2) is 13.1 Å². The molecular weight excluding hydrogens is 330 g/mol. The Morgan fingerprint density at radius 1 is 1.27 bits per heavy atom. The number of aryl methyl sites for hydroxylation is 2. The van der Waals surface area contributed by atoms with Gasteiger partial charge in [-0.3, -0.25) is 10.1 Å². The van der Waals surface area contributed by atoms with Gasteiger partial charge >= 0.3 is 0 Å². The Labute approximate surface area is 137 Å². The maximum atomic E-state index is 12.3. The van der Waals surface area contributed by atoms with Gasteiger partial charge in [0.15, 0.2) is 0 Å². The summed E-state index contributed by atoms with van der Waals surface area (Å²) in [5, 5.41) is 14.0. The van der Waals surface area contributed by atoms with Crippen LogP contribution in [0.3, 0.4) is 0 Å². The fourth-order valence-corrected chi connectivity index (χ4v) is 3.42. The van der Waals surface area contributed by atoms with Crippen LogP contribution in [0.15, 0.2) is 17.0 Å². The molecule has 0 aromatic heterocycles. The molecule has 1 atom stereocenters. The van der Waals surface area contributed by atoms with E-state index >= 15 is 0 Å². The van der Waals surface area contributed by atoms with E-state index in [0.29, 0.717) is 11.1 Å². The molecule has 126 valence electrons. The molecule has 0 aliphatic rings. The van der Waals surface area contributed by atoms with Crippen LogP contribution in [0.1, 0.15) is 25.0 Å². The lowest BCUT2D eigenvalue weighted by Gasteiger charge is -2.15. The number of nitrogens with one attached hydrogen (secondary N) is 2. The molecule has 1 aromatic rings. The molecule has 0 bridgehead atoms. The van der Waals surface area contributed by atoms with Crippen molar-refractivity contribution in [3.05, 3.63) is 33.4 Å². The zero-order valence-corrected chi connectivity index (χ0v) is 14.7. The molecule has 0 unspecified atom stereocenters. The monoisotopic (exact) mass is 351 g/mol. The van der Waals surface area contributed by atoms with Crippen molar-refractivity contribution in [2.45, 2.75) is 38.6 Å². The lowest BCUT2D eigenvalue weighted by molar-refractivity contribution is -0.385. The second-order valence-electron chi connectivity index (χ2n) is 4.97. The molecule has 0 spiro atoms. The number of nitro groups is 1. The Bertz CT molecular complexity index is 634. The van der Waals surface area contributed by atoms with Gasteiger partial charge in [-0.05, 0) is 38.9 Å². The van der Waals surface area contributed by atoms with Crippen LogP contribution in [0.4, 0.5) is 5.69 Å². The molecule has 9 heteroatoms. The zero-order valence-electron chi connectivity index (χ0n) is 13.0. The normalized spacial score (nSPS) is 12.5. The molecule has 0 aliphatic carbocycles. The predicted molar refractivity (Wildman–Crippen MR) is 88.1 cm³/mol. The summed E-state index contributed by atoms with van der Waals surface area (Å²) in [6, 6.07) is 2.61. The number of benzene rings is 1. The number of hydrogen-bond acceptors (Lipinski definition) is 5. The van der Waals surface area contributed by atoms with Gasteiger partial charge in [0.25, 0.3) is 5.69 Å². The van der Waals surface area contributed by atoms with Gasteiger partial charge in [-0.1, -0.05) is 6.92 Å².